The first-order valence-corrected chi connectivity index (χ1v) is 8.90. The van der Waals surface area contributed by atoms with Crippen molar-refractivity contribution < 1.29 is 13.2 Å². The summed E-state index contributed by atoms with van der Waals surface area (Å²) in [7, 11) is -3.39. The van der Waals surface area contributed by atoms with Crippen LogP contribution in [-0.2, 0) is 14.6 Å². The number of ether oxygens (including phenoxy) is 1. The molecule has 1 atom stereocenters. The van der Waals surface area contributed by atoms with Crippen LogP contribution >= 0.6 is 0 Å². The maximum absolute atomic E-state index is 12.6. The Morgan fingerprint density at radius 1 is 1.43 bits per heavy atom. The Morgan fingerprint density at radius 2 is 2.14 bits per heavy atom. The largest absolute Gasteiger partial charge is 0.398 e. The van der Waals surface area contributed by atoms with Gasteiger partial charge in [0.05, 0.1) is 23.4 Å². The molecular formula is C15H24N2O3S. The van der Waals surface area contributed by atoms with Crippen LogP contribution in [0.4, 0.5) is 5.69 Å². The monoisotopic (exact) mass is 312 g/mol. The minimum atomic E-state index is -3.39. The third kappa shape index (κ3) is 3.75. The Kier molecular flexibility index (Phi) is 4.91. The van der Waals surface area contributed by atoms with Crippen molar-refractivity contribution in [2.24, 2.45) is 0 Å². The molecule has 0 amide bonds. The van der Waals surface area contributed by atoms with Crippen molar-refractivity contribution in [3.63, 3.8) is 0 Å². The lowest BCUT2D eigenvalue weighted by molar-refractivity contribution is -0.0272. The van der Waals surface area contributed by atoms with E-state index in [0.717, 1.165) is 6.54 Å². The van der Waals surface area contributed by atoms with Gasteiger partial charge < -0.3 is 10.5 Å². The van der Waals surface area contributed by atoms with E-state index in [1.54, 1.807) is 25.1 Å². The van der Waals surface area contributed by atoms with E-state index in [0.29, 0.717) is 35.3 Å². The average molecular weight is 312 g/mol. The van der Waals surface area contributed by atoms with Gasteiger partial charge in [0.25, 0.3) is 0 Å². The molecule has 0 aliphatic carbocycles. The summed E-state index contributed by atoms with van der Waals surface area (Å²) < 4.78 is 30.8. The number of anilines is 1. The molecule has 1 fully saturated rings. The zero-order valence-electron chi connectivity index (χ0n) is 12.9. The van der Waals surface area contributed by atoms with Crippen LogP contribution in [0, 0.1) is 6.92 Å². The van der Waals surface area contributed by atoms with Gasteiger partial charge in [-0.25, -0.2) is 8.42 Å². The fourth-order valence-corrected chi connectivity index (χ4v) is 4.36. The van der Waals surface area contributed by atoms with Crippen LogP contribution in [0.3, 0.4) is 0 Å². The fraction of sp³-hybridized carbons (Fsp3) is 0.600. The summed E-state index contributed by atoms with van der Waals surface area (Å²) in [6.07, 6.45) is -0.285. The van der Waals surface area contributed by atoms with E-state index in [1.165, 1.54) is 0 Å². The van der Waals surface area contributed by atoms with Crippen molar-refractivity contribution in [3.05, 3.63) is 23.8 Å². The topological polar surface area (TPSA) is 72.6 Å². The van der Waals surface area contributed by atoms with Crippen LogP contribution in [0.15, 0.2) is 23.1 Å². The fourth-order valence-electron chi connectivity index (χ4n) is 2.61. The molecule has 0 bridgehead atoms. The normalized spacial score (nSPS) is 20.9. The molecule has 1 aliphatic heterocycles. The molecule has 6 heteroatoms. The molecule has 1 saturated heterocycles. The third-order valence-electron chi connectivity index (χ3n) is 3.97. The molecule has 2 N–H and O–H groups in total. The van der Waals surface area contributed by atoms with E-state index in [9.17, 15) is 8.42 Å². The number of benzene rings is 1. The van der Waals surface area contributed by atoms with Crippen LogP contribution in [0.2, 0.25) is 0 Å². The van der Waals surface area contributed by atoms with Crippen molar-refractivity contribution in [1.29, 1.82) is 0 Å². The third-order valence-corrected chi connectivity index (χ3v) is 5.89. The molecule has 5 nitrogen and oxygen atoms in total. The Hall–Kier alpha value is -1.11. The smallest absolute Gasteiger partial charge is 0.181 e. The molecular weight excluding hydrogens is 288 g/mol. The highest BCUT2D eigenvalue weighted by atomic mass is 32.2. The van der Waals surface area contributed by atoms with Gasteiger partial charge in [-0.3, -0.25) is 4.90 Å². The van der Waals surface area contributed by atoms with E-state index in [4.69, 9.17) is 10.5 Å². The summed E-state index contributed by atoms with van der Waals surface area (Å²) in [5.41, 5.74) is 6.93. The lowest BCUT2D eigenvalue weighted by atomic mass is 10.2. The Bertz CT molecular complexity index is 599. The SMILES string of the molecule is Cc1c(N)cccc1S(=O)(=O)CC1CN(C(C)C)CCO1. The van der Waals surface area contributed by atoms with Gasteiger partial charge in [-0.1, -0.05) is 6.07 Å². The summed E-state index contributed by atoms with van der Waals surface area (Å²) >= 11 is 0. The van der Waals surface area contributed by atoms with E-state index in [2.05, 4.69) is 18.7 Å². The van der Waals surface area contributed by atoms with Gasteiger partial charge in [0.2, 0.25) is 0 Å². The van der Waals surface area contributed by atoms with Gasteiger partial charge in [-0.15, -0.1) is 0 Å². The maximum atomic E-state index is 12.6. The van der Waals surface area contributed by atoms with Gasteiger partial charge in [-0.2, -0.15) is 0 Å². The molecule has 2 rings (SSSR count). The molecule has 1 unspecified atom stereocenters. The molecule has 1 aliphatic rings. The highest BCUT2D eigenvalue weighted by molar-refractivity contribution is 7.91. The minimum Gasteiger partial charge on any atom is -0.398 e. The summed E-state index contributed by atoms with van der Waals surface area (Å²) in [5, 5.41) is 0. The number of morpholine rings is 1. The quantitative estimate of drug-likeness (QED) is 0.852. The van der Waals surface area contributed by atoms with Crippen LogP contribution in [0.25, 0.3) is 0 Å². The molecule has 0 spiro atoms. The summed E-state index contributed by atoms with van der Waals surface area (Å²) in [6, 6.07) is 5.40. The second-order valence-electron chi connectivity index (χ2n) is 5.83. The van der Waals surface area contributed by atoms with Gasteiger partial charge in [-0.05, 0) is 38.5 Å². The number of nitrogen functional groups attached to an aromatic ring is 1. The standard InChI is InChI=1S/C15H24N2O3S/c1-11(2)17-7-8-20-13(9-17)10-21(18,19)15-6-4-5-14(16)12(15)3/h4-6,11,13H,7-10,16H2,1-3H3. The summed E-state index contributed by atoms with van der Waals surface area (Å²) in [6.45, 7) is 8.04. The van der Waals surface area contributed by atoms with Crippen molar-refractivity contribution in [3.8, 4) is 0 Å². The Balaban J connectivity index is 2.16. The second kappa shape index (κ2) is 6.34. The zero-order valence-corrected chi connectivity index (χ0v) is 13.7. The molecule has 1 heterocycles. The minimum absolute atomic E-state index is 0.000509. The van der Waals surface area contributed by atoms with E-state index in [-0.39, 0.29) is 11.9 Å². The van der Waals surface area contributed by atoms with Crippen molar-refractivity contribution in [2.45, 2.75) is 37.8 Å². The van der Waals surface area contributed by atoms with Gasteiger partial charge >= 0.3 is 0 Å². The van der Waals surface area contributed by atoms with Crippen LogP contribution in [0.1, 0.15) is 19.4 Å². The average Bonchev–Trinajstić information content (AvgIpc) is 2.41. The molecule has 1 aromatic carbocycles. The summed E-state index contributed by atoms with van der Waals surface area (Å²) in [5.74, 6) is 0.000509. The predicted octanol–water partition coefficient (Wildman–Crippen LogP) is 1.46. The van der Waals surface area contributed by atoms with E-state index < -0.39 is 9.84 Å². The van der Waals surface area contributed by atoms with Crippen molar-refractivity contribution in [2.75, 3.05) is 31.2 Å². The number of nitrogens with two attached hydrogens (primary N) is 1. The molecule has 21 heavy (non-hydrogen) atoms. The molecule has 0 aromatic heterocycles. The van der Waals surface area contributed by atoms with Crippen molar-refractivity contribution in [1.82, 2.24) is 4.90 Å². The lowest BCUT2D eigenvalue weighted by Crippen LogP contribution is -2.48. The summed E-state index contributed by atoms with van der Waals surface area (Å²) in [4.78, 5) is 2.56. The highest BCUT2D eigenvalue weighted by Gasteiger charge is 2.28. The Morgan fingerprint density at radius 3 is 2.81 bits per heavy atom. The molecule has 1 aromatic rings. The molecule has 118 valence electrons. The first-order valence-electron chi connectivity index (χ1n) is 7.25. The van der Waals surface area contributed by atoms with Crippen molar-refractivity contribution >= 4 is 15.5 Å². The zero-order chi connectivity index (χ0) is 15.6. The number of hydrogen-bond donors (Lipinski definition) is 1. The van der Waals surface area contributed by atoms with Gasteiger partial charge in [0, 0.05) is 24.8 Å². The Labute approximate surface area is 127 Å². The highest BCUT2D eigenvalue weighted by Crippen LogP contribution is 2.23. The second-order valence-corrected chi connectivity index (χ2v) is 7.84. The number of nitrogens with zero attached hydrogens (tertiary/aromatic N) is 1. The molecule has 0 saturated carbocycles. The molecule has 0 radical (unpaired) electrons. The number of hydrogen-bond acceptors (Lipinski definition) is 5. The van der Waals surface area contributed by atoms with E-state index >= 15 is 0 Å². The van der Waals surface area contributed by atoms with Gasteiger partial charge in [0.15, 0.2) is 9.84 Å². The van der Waals surface area contributed by atoms with Crippen LogP contribution < -0.4 is 5.73 Å². The first kappa shape index (κ1) is 16.3. The van der Waals surface area contributed by atoms with E-state index in [1.807, 2.05) is 0 Å². The first-order chi connectivity index (χ1) is 9.81. The number of sulfone groups is 1. The lowest BCUT2D eigenvalue weighted by Gasteiger charge is -2.35. The predicted molar refractivity (Wildman–Crippen MR) is 84.1 cm³/mol. The van der Waals surface area contributed by atoms with Crippen LogP contribution in [0.5, 0.6) is 0 Å². The van der Waals surface area contributed by atoms with Crippen LogP contribution in [-0.4, -0.2) is 50.9 Å². The van der Waals surface area contributed by atoms with Gasteiger partial charge in [0.1, 0.15) is 0 Å². The number of rotatable bonds is 4. The maximum Gasteiger partial charge on any atom is 0.181 e.